The maximum absolute atomic E-state index is 2.59. The zero-order chi connectivity index (χ0) is 14.7. The molecule has 2 aromatic rings. The van der Waals surface area contributed by atoms with Gasteiger partial charge in [-0.3, -0.25) is 9.34 Å². The summed E-state index contributed by atoms with van der Waals surface area (Å²) in [5.41, 5.74) is 2.83. The average molecular weight is 298 g/mol. The molecule has 0 spiro atoms. The van der Waals surface area contributed by atoms with Crippen LogP contribution in [0.1, 0.15) is 37.1 Å². The summed E-state index contributed by atoms with van der Waals surface area (Å²) < 4.78 is 5.18. The van der Waals surface area contributed by atoms with Gasteiger partial charge in [0.15, 0.2) is 0 Å². The molecule has 0 aromatic heterocycles. The van der Waals surface area contributed by atoms with E-state index in [1.165, 1.54) is 11.1 Å². The second-order valence-electron chi connectivity index (χ2n) is 5.66. The van der Waals surface area contributed by atoms with Crippen molar-refractivity contribution in [3.63, 3.8) is 0 Å². The van der Waals surface area contributed by atoms with Gasteiger partial charge >= 0.3 is 0 Å². The molecule has 3 rings (SSSR count). The molecule has 3 atom stereocenters. The highest BCUT2D eigenvalue weighted by atomic mass is 31.1. The van der Waals surface area contributed by atoms with E-state index in [4.69, 9.17) is 0 Å². The minimum absolute atomic E-state index is 0.498. The van der Waals surface area contributed by atoms with E-state index in [1.807, 2.05) is 0 Å². The number of hydrogen-bond donors (Lipinski definition) is 0. The highest BCUT2D eigenvalue weighted by Gasteiger charge is 2.28. The molecule has 0 bridgehead atoms. The fourth-order valence-electron chi connectivity index (χ4n) is 2.86. The Kier molecular flexibility index (Phi) is 4.70. The van der Waals surface area contributed by atoms with Crippen LogP contribution < -0.4 is 0 Å². The molecule has 0 aliphatic carbocycles. The van der Waals surface area contributed by atoms with E-state index in [0.717, 1.165) is 22.0 Å². The fourth-order valence-corrected chi connectivity index (χ4v) is 4.24. The summed E-state index contributed by atoms with van der Waals surface area (Å²) in [6.07, 6.45) is 0. The van der Waals surface area contributed by atoms with Crippen molar-refractivity contribution in [3.8, 4) is 0 Å². The molecule has 3 heteroatoms. The first-order valence-corrected chi connectivity index (χ1v) is 8.54. The van der Waals surface area contributed by atoms with Crippen LogP contribution in [0.4, 0.5) is 0 Å². The molecule has 1 aliphatic rings. The molecule has 0 saturated carbocycles. The van der Waals surface area contributed by atoms with Gasteiger partial charge < -0.3 is 0 Å². The number of hydrogen-bond acceptors (Lipinski definition) is 2. The first-order valence-electron chi connectivity index (χ1n) is 7.65. The summed E-state index contributed by atoms with van der Waals surface area (Å²) >= 11 is 0. The van der Waals surface area contributed by atoms with Crippen LogP contribution in [0.3, 0.4) is 0 Å². The molecule has 1 fully saturated rings. The normalized spacial score (nSPS) is 20.7. The van der Waals surface area contributed by atoms with Crippen LogP contribution in [-0.4, -0.2) is 22.4 Å². The summed E-state index contributed by atoms with van der Waals surface area (Å²) in [5, 5.41) is 0. The highest BCUT2D eigenvalue weighted by Crippen LogP contribution is 2.42. The van der Waals surface area contributed by atoms with Gasteiger partial charge in [0.05, 0.1) is 0 Å². The van der Waals surface area contributed by atoms with Crippen molar-refractivity contribution in [1.29, 1.82) is 0 Å². The third-order valence-electron chi connectivity index (χ3n) is 4.34. The molecule has 1 aliphatic heterocycles. The van der Waals surface area contributed by atoms with Crippen molar-refractivity contribution in [3.05, 3.63) is 71.8 Å². The maximum atomic E-state index is 2.59. The van der Waals surface area contributed by atoms with Gasteiger partial charge in [0.1, 0.15) is 0 Å². The topological polar surface area (TPSA) is 6.48 Å². The van der Waals surface area contributed by atoms with E-state index < -0.39 is 0 Å². The first-order chi connectivity index (χ1) is 10.3. The minimum atomic E-state index is 0.498. The van der Waals surface area contributed by atoms with Crippen LogP contribution >= 0.6 is 8.88 Å². The molecule has 110 valence electrons. The molecule has 0 N–H and O–H groups in total. The van der Waals surface area contributed by atoms with Crippen LogP contribution in [0, 0.1) is 0 Å². The molecule has 1 saturated heterocycles. The van der Waals surface area contributed by atoms with Crippen molar-refractivity contribution in [2.75, 3.05) is 13.1 Å². The van der Waals surface area contributed by atoms with Gasteiger partial charge in [-0.2, -0.15) is 0 Å². The van der Waals surface area contributed by atoms with E-state index in [1.54, 1.807) is 0 Å². The van der Waals surface area contributed by atoms with Crippen LogP contribution in [0.2, 0.25) is 0 Å². The number of nitrogens with zero attached hydrogens (tertiary/aromatic N) is 2. The predicted octanol–water partition coefficient (Wildman–Crippen LogP) is 4.63. The van der Waals surface area contributed by atoms with Gasteiger partial charge in [-0.05, 0) is 25.0 Å². The van der Waals surface area contributed by atoms with Crippen molar-refractivity contribution >= 4 is 8.88 Å². The molecular formula is C18H23N2P. The van der Waals surface area contributed by atoms with Crippen LogP contribution in [0.5, 0.6) is 0 Å². The van der Waals surface area contributed by atoms with Gasteiger partial charge in [-0.1, -0.05) is 60.7 Å². The summed E-state index contributed by atoms with van der Waals surface area (Å²) in [7, 11) is 0.769. The van der Waals surface area contributed by atoms with Crippen LogP contribution in [0.15, 0.2) is 60.7 Å². The smallest absolute Gasteiger partial charge is 0.0366 e. The molecule has 1 heterocycles. The summed E-state index contributed by atoms with van der Waals surface area (Å²) in [6, 6.07) is 22.6. The third kappa shape index (κ3) is 3.35. The molecule has 2 unspecified atom stereocenters. The lowest BCUT2D eigenvalue weighted by atomic mass is 10.1. The van der Waals surface area contributed by atoms with Crippen molar-refractivity contribution in [2.45, 2.75) is 25.9 Å². The largest absolute Gasteiger partial charge is 0.264 e. The van der Waals surface area contributed by atoms with Gasteiger partial charge in [0, 0.05) is 34.1 Å². The minimum Gasteiger partial charge on any atom is -0.264 e. The fraction of sp³-hybridized carbons (Fsp3) is 0.333. The van der Waals surface area contributed by atoms with E-state index >= 15 is 0 Å². The van der Waals surface area contributed by atoms with Gasteiger partial charge in [-0.25, -0.2) is 0 Å². The molecule has 2 nitrogen and oxygen atoms in total. The summed E-state index contributed by atoms with van der Waals surface area (Å²) in [4.78, 5) is 0. The maximum Gasteiger partial charge on any atom is 0.0366 e. The number of rotatable bonds is 4. The first kappa shape index (κ1) is 14.7. The molecule has 0 radical (unpaired) electrons. The molecule has 0 amide bonds. The lowest BCUT2D eigenvalue weighted by Crippen LogP contribution is -2.17. The Morgan fingerprint density at radius 2 is 1.10 bits per heavy atom. The van der Waals surface area contributed by atoms with Crippen molar-refractivity contribution < 1.29 is 0 Å². The Morgan fingerprint density at radius 3 is 1.48 bits per heavy atom. The Bertz CT molecular complexity index is 506. The zero-order valence-corrected chi connectivity index (χ0v) is 13.7. The van der Waals surface area contributed by atoms with Gasteiger partial charge in [0.25, 0.3) is 0 Å². The second kappa shape index (κ2) is 6.70. The van der Waals surface area contributed by atoms with Crippen LogP contribution in [0.25, 0.3) is 0 Å². The zero-order valence-electron chi connectivity index (χ0n) is 12.7. The lowest BCUT2D eigenvalue weighted by Gasteiger charge is -2.27. The molecule has 21 heavy (non-hydrogen) atoms. The van der Waals surface area contributed by atoms with E-state index in [0.29, 0.717) is 12.1 Å². The average Bonchev–Trinajstić information content (AvgIpc) is 3.05. The van der Waals surface area contributed by atoms with Crippen LogP contribution in [-0.2, 0) is 0 Å². The third-order valence-corrected chi connectivity index (χ3v) is 6.07. The summed E-state index contributed by atoms with van der Waals surface area (Å²) in [5.74, 6) is 0. The van der Waals surface area contributed by atoms with Gasteiger partial charge in [0.2, 0.25) is 0 Å². The lowest BCUT2D eigenvalue weighted by molar-refractivity contribution is 0.377. The Hall–Kier alpha value is -1.21. The Balaban J connectivity index is 1.66. The van der Waals surface area contributed by atoms with Crippen molar-refractivity contribution in [1.82, 2.24) is 9.34 Å². The van der Waals surface area contributed by atoms with Crippen molar-refractivity contribution in [2.24, 2.45) is 0 Å². The van der Waals surface area contributed by atoms with E-state index in [-0.39, 0.29) is 0 Å². The number of benzene rings is 2. The Labute approximate surface area is 129 Å². The van der Waals surface area contributed by atoms with E-state index in [9.17, 15) is 0 Å². The molecular weight excluding hydrogens is 275 g/mol. The SMILES string of the molecule is CC(c1ccccc1)N1CCN([C@@H](C)c2ccccc2)P1. The van der Waals surface area contributed by atoms with Gasteiger partial charge in [-0.15, -0.1) is 0 Å². The monoisotopic (exact) mass is 298 g/mol. The quantitative estimate of drug-likeness (QED) is 0.759. The van der Waals surface area contributed by atoms with E-state index in [2.05, 4.69) is 83.9 Å². The highest BCUT2D eigenvalue weighted by molar-refractivity contribution is 7.32. The summed E-state index contributed by atoms with van der Waals surface area (Å²) in [6.45, 7) is 6.95. The second-order valence-corrected chi connectivity index (χ2v) is 7.01. The standard InChI is InChI=1S/C18H23N2P/c1-15(17-9-5-3-6-10-17)19-13-14-20(21-19)16(2)18-11-7-4-8-12-18/h3-12,15-16,21H,13-14H2,1-2H3/t15-,16?/m0/s1. The predicted molar refractivity (Wildman–Crippen MR) is 91.4 cm³/mol. The Morgan fingerprint density at radius 1 is 0.714 bits per heavy atom. The molecule has 2 aromatic carbocycles.